The molecule has 1 unspecified atom stereocenters. The Morgan fingerprint density at radius 2 is 2.12 bits per heavy atom. The van der Waals surface area contributed by atoms with E-state index >= 15 is 0 Å². The zero-order valence-corrected chi connectivity index (χ0v) is 14.3. The highest BCUT2D eigenvalue weighted by Crippen LogP contribution is 2.22. The summed E-state index contributed by atoms with van der Waals surface area (Å²) in [5.41, 5.74) is 0.0164. The van der Waals surface area contributed by atoms with Gasteiger partial charge in [-0.3, -0.25) is 23.9 Å². The molecule has 1 saturated heterocycles. The quantitative estimate of drug-likeness (QED) is 0.709. The van der Waals surface area contributed by atoms with E-state index in [1.54, 1.807) is 17.8 Å². The summed E-state index contributed by atoms with van der Waals surface area (Å²) in [6.07, 6.45) is 6.01. The number of imidazole rings is 1. The van der Waals surface area contributed by atoms with Crippen LogP contribution in [-0.4, -0.2) is 46.4 Å². The summed E-state index contributed by atoms with van der Waals surface area (Å²) >= 11 is 0. The molecule has 0 bridgehead atoms. The maximum atomic E-state index is 12.1. The average Bonchev–Trinajstić information content (AvgIpc) is 3.29. The molecule has 132 valence electrons. The number of aryl methyl sites for hydroxylation is 2. The van der Waals surface area contributed by atoms with E-state index in [4.69, 9.17) is 0 Å². The molecular formula is C16H21N7O2. The summed E-state index contributed by atoms with van der Waals surface area (Å²) in [6, 6.07) is 2.32. The number of aromatic amines is 1. The van der Waals surface area contributed by atoms with Gasteiger partial charge in [-0.1, -0.05) is 0 Å². The van der Waals surface area contributed by atoms with Gasteiger partial charge in [-0.05, 0) is 25.5 Å². The fourth-order valence-corrected chi connectivity index (χ4v) is 3.61. The van der Waals surface area contributed by atoms with Gasteiger partial charge in [0.15, 0.2) is 11.2 Å². The minimum absolute atomic E-state index is 0.391. The first-order valence-corrected chi connectivity index (χ1v) is 8.40. The van der Waals surface area contributed by atoms with Crippen molar-refractivity contribution >= 4 is 11.2 Å². The van der Waals surface area contributed by atoms with Crippen LogP contribution in [0.5, 0.6) is 0 Å². The number of likely N-dealkylation sites (tertiary alicyclic amines) is 1. The smallest absolute Gasteiger partial charge is 0.324 e. The molecule has 4 rings (SSSR count). The number of H-pyrrole nitrogens is 1. The minimum atomic E-state index is -0.445. The van der Waals surface area contributed by atoms with E-state index in [0.29, 0.717) is 23.8 Å². The predicted octanol–water partition coefficient (Wildman–Crippen LogP) is -0.179. The number of fused-ring (bicyclic) bond motifs is 1. The van der Waals surface area contributed by atoms with Crippen LogP contribution < -0.4 is 11.2 Å². The molecule has 0 aromatic carbocycles. The summed E-state index contributed by atoms with van der Waals surface area (Å²) < 4.78 is 5.12. The van der Waals surface area contributed by atoms with Crippen molar-refractivity contribution in [3.63, 3.8) is 0 Å². The van der Waals surface area contributed by atoms with Crippen molar-refractivity contribution in [2.24, 2.45) is 14.1 Å². The van der Waals surface area contributed by atoms with Gasteiger partial charge in [0, 0.05) is 32.5 Å². The zero-order valence-electron chi connectivity index (χ0n) is 14.3. The van der Waals surface area contributed by atoms with E-state index in [9.17, 15) is 9.59 Å². The minimum Gasteiger partial charge on any atom is -0.324 e. The third kappa shape index (κ3) is 2.70. The van der Waals surface area contributed by atoms with Crippen molar-refractivity contribution in [2.75, 3.05) is 6.54 Å². The highest BCUT2D eigenvalue weighted by molar-refractivity contribution is 5.70. The molecule has 1 N–H and O–H groups in total. The van der Waals surface area contributed by atoms with Crippen molar-refractivity contribution in [3.8, 4) is 0 Å². The monoisotopic (exact) mass is 343 g/mol. The lowest BCUT2D eigenvalue weighted by Gasteiger charge is -2.24. The zero-order chi connectivity index (χ0) is 17.6. The lowest BCUT2D eigenvalue weighted by molar-refractivity contribution is 0.212. The van der Waals surface area contributed by atoms with E-state index in [2.05, 4.69) is 20.0 Å². The molecule has 9 heteroatoms. The molecule has 1 fully saturated rings. The Bertz CT molecular complexity index is 1010. The Hall–Kier alpha value is -2.68. The fraction of sp³-hybridized carbons (Fsp3) is 0.500. The van der Waals surface area contributed by atoms with Gasteiger partial charge >= 0.3 is 5.69 Å². The first kappa shape index (κ1) is 15.8. The molecule has 3 aromatic heterocycles. The molecule has 0 aliphatic carbocycles. The van der Waals surface area contributed by atoms with Gasteiger partial charge in [0.2, 0.25) is 0 Å². The second kappa shape index (κ2) is 5.99. The first-order chi connectivity index (χ1) is 12.0. The molecule has 3 aromatic rings. The molecule has 9 nitrogen and oxygen atoms in total. The van der Waals surface area contributed by atoms with Crippen LogP contribution in [0.25, 0.3) is 11.2 Å². The molecule has 0 radical (unpaired) electrons. The van der Waals surface area contributed by atoms with Crippen LogP contribution in [0, 0.1) is 0 Å². The van der Waals surface area contributed by atoms with Gasteiger partial charge in [0.25, 0.3) is 5.56 Å². The van der Waals surface area contributed by atoms with Gasteiger partial charge < -0.3 is 4.57 Å². The molecule has 25 heavy (non-hydrogen) atoms. The molecule has 0 spiro atoms. The molecule has 4 heterocycles. The topological polar surface area (TPSA) is 93.7 Å². The van der Waals surface area contributed by atoms with Crippen LogP contribution in [0.4, 0.5) is 0 Å². The van der Waals surface area contributed by atoms with Crippen molar-refractivity contribution in [3.05, 3.63) is 45.1 Å². The highest BCUT2D eigenvalue weighted by atomic mass is 16.2. The maximum Gasteiger partial charge on any atom is 0.329 e. The third-order valence-electron chi connectivity index (χ3n) is 5.03. The number of aromatic nitrogens is 6. The third-order valence-corrected chi connectivity index (χ3v) is 5.03. The molecule has 0 amide bonds. The molecule has 1 aliphatic rings. The Labute approximate surface area is 143 Å². The van der Waals surface area contributed by atoms with Crippen molar-refractivity contribution in [2.45, 2.75) is 32.0 Å². The van der Waals surface area contributed by atoms with Crippen LogP contribution in [0.2, 0.25) is 0 Å². The molecular weight excluding hydrogens is 322 g/mol. The Kier molecular flexibility index (Phi) is 3.79. The SMILES string of the molecule is Cn1c(CN2CCCC2Cn2cccn2)nc2c1c(=O)[nH]c(=O)n2C. The van der Waals surface area contributed by atoms with Crippen molar-refractivity contribution in [1.82, 2.24) is 33.8 Å². The fourth-order valence-electron chi connectivity index (χ4n) is 3.61. The normalized spacial score (nSPS) is 18.4. The van der Waals surface area contributed by atoms with E-state index in [-0.39, 0.29) is 0 Å². The van der Waals surface area contributed by atoms with Crippen LogP contribution >= 0.6 is 0 Å². The lowest BCUT2D eigenvalue weighted by Crippen LogP contribution is -2.33. The standard InChI is InChI=1S/C16H21N7O2/c1-20-12(18-14-13(20)15(24)19-16(25)21(14)2)10-22-7-3-5-11(22)9-23-8-4-6-17-23/h4,6,8,11H,3,5,7,9-10H2,1-2H3,(H,19,24,25). The van der Waals surface area contributed by atoms with Gasteiger partial charge in [-0.25, -0.2) is 9.78 Å². The van der Waals surface area contributed by atoms with Crippen LogP contribution in [0.1, 0.15) is 18.7 Å². The van der Waals surface area contributed by atoms with Gasteiger partial charge in [-0.2, -0.15) is 5.10 Å². The van der Waals surface area contributed by atoms with Gasteiger partial charge in [-0.15, -0.1) is 0 Å². The molecule has 1 atom stereocenters. The van der Waals surface area contributed by atoms with Crippen molar-refractivity contribution < 1.29 is 0 Å². The second-order valence-corrected chi connectivity index (χ2v) is 6.57. The summed E-state index contributed by atoms with van der Waals surface area (Å²) in [6.45, 7) is 2.48. The number of rotatable bonds is 4. The lowest BCUT2D eigenvalue weighted by atomic mass is 10.2. The summed E-state index contributed by atoms with van der Waals surface area (Å²) in [7, 11) is 3.44. The van der Waals surface area contributed by atoms with Gasteiger partial charge in [0.05, 0.1) is 13.1 Å². The van der Waals surface area contributed by atoms with Crippen LogP contribution in [0.15, 0.2) is 28.0 Å². The summed E-state index contributed by atoms with van der Waals surface area (Å²) in [5, 5.41) is 4.29. The second-order valence-electron chi connectivity index (χ2n) is 6.57. The van der Waals surface area contributed by atoms with E-state index in [1.807, 2.05) is 24.0 Å². The Morgan fingerprint density at radius 3 is 2.88 bits per heavy atom. The summed E-state index contributed by atoms with van der Waals surface area (Å²) in [5.74, 6) is 0.786. The maximum absolute atomic E-state index is 12.1. The van der Waals surface area contributed by atoms with E-state index < -0.39 is 11.2 Å². The Balaban J connectivity index is 1.65. The predicted molar refractivity (Wildman–Crippen MR) is 92.2 cm³/mol. The van der Waals surface area contributed by atoms with E-state index in [0.717, 1.165) is 31.8 Å². The average molecular weight is 343 g/mol. The summed E-state index contributed by atoms with van der Waals surface area (Å²) in [4.78, 5) is 33.2. The highest BCUT2D eigenvalue weighted by Gasteiger charge is 2.27. The largest absolute Gasteiger partial charge is 0.329 e. The number of hydrogen-bond acceptors (Lipinski definition) is 5. The first-order valence-electron chi connectivity index (χ1n) is 8.40. The van der Waals surface area contributed by atoms with Crippen LogP contribution in [-0.2, 0) is 27.2 Å². The number of hydrogen-bond donors (Lipinski definition) is 1. The van der Waals surface area contributed by atoms with E-state index in [1.165, 1.54) is 4.57 Å². The van der Waals surface area contributed by atoms with Gasteiger partial charge in [0.1, 0.15) is 5.82 Å². The Morgan fingerprint density at radius 1 is 1.28 bits per heavy atom. The van der Waals surface area contributed by atoms with Crippen LogP contribution in [0.3, 0.4) is 0 Å². The molecule has 0 saturated carbocycles. The van der Waals surface area contributed by atoms with Crippen molar-refractivity contribution in [1.29, 1.82) is 0 Å². The number of nitrogens with one attached hydrogen (secondary N) is 1. The number of nitrogens with zero attached hydrogens (tertiary/aromatic N) is 6. The molecule has 1 aliphatic heterocycles.